The molecule has 0 bridgehead atoms. The van der Waals surface area contributed by atoms with Crippen LogP contribution >= 0.6 is 23.2 Å². The van der Waals surface area contributed by atoms with E-state index in [1.807, 2.05) is 30.1 Å². The van der Waals surface area contributed by atoms with Crippen molar-refractivity contribution < 1.29 is 0 Å². The third-order valence-corrected chi connectivity index (χ3v) is 3.40. The topological polar surface area (TPSA) is 43.8 Å². The van der Waals surface area contributed by atoms with E-state index in [1.54, 1.807) is 12.1 Å². The highest BCUT2D eigenvalue weighted by molar-refractivity contribution is 6.33. The van der Waals surface area contributed by atoms with E-state index in [0.717, 1.165) is 17.7 Å². The summed E-state index contributed by atoms with van der Waals surface area (Å²) in [4.78, 5) is 0. The molecule has 1 unspecified atom stereocenters. The zero-order valence-electron chi connectivity index (χ0n) is 10.1. The Balaban J connectivity index is 2.16. The number of rotatable bonds is 4. The Bertz CT molecular complexity index is 537. The van der Waals surface area contributed by atoms with E-state index in [1.165, 1.54) is 0 Å². The molecule has 0 aliphatic heterocycles. The number of benzene rings is 1. The molecule has 1 atom stereocenters. The minimum atomic E-state index is -0.175. The fourth-order valence-corrected chi connectivity index (χ4v) is 2.29. The lowest BCUT2D eigenvalue weighted by Gasteiger charge is -2.13. The molecule has 2 rings (SSSR count). The fraction of sp³-hybridized carbons (Fsp3) is 0.308. The number of halogens is 2. The van der Waals surface area contributed by atoms with E-state index < -0.39 is 0 Å². The summed E-state index contributed by atoms with van der Waals surface area (Å²) in [7, 11) is 0. The van der Waals surface area contributed by atoms with Crippen LogP contribution in [0.5, 0.6) is 0 Å². The van der Waals surface area contributed by atoms with E-state index in [-0.39, 0.29) is 6.04 Å². The summed E-state index contributed by atoms with van der Waals surface area (Å²) in [5.74, 6) is 0. The lowest BCUT2D eigenvalue weighted by atomic mass is 10.0. The molecule has 0 amide bonds. The van der Waals surface area contributed by atoms with E-state index in [0.29, 0.717) is 16.5 Å². The normalized spacial score (nSPS) is 12.7. The third kappa shape index (κ3) is 3.05. The Morgan fingerprint density at radius 3 is 2.83 bits per heavy atom. The summed E-state index contributed by atoms with van der Waals surface area (Å²) in [5, 5.41) is 5.52. The smallest absolute Gasteiger partial charge is 0.0522 e. The third-order valence-electron chi connectivity index (χ3n) is 2.82. The Morgan fingerprint density at radius 1 is 1.39 bits per heavy atom. The van der Waals surface area contributed by atoms with Gasteiger partial charge in [0.05, 0.1) is 6.20 Å². The maximum absolute atomic E-state index is 6.17. The van der Waals surface area contributed by atoms with E-state index in [2.05, 4.69) is 5.10 Å². The van der Waals surface area contributed by atoms with Crippen LogP contribution in [0, 0.1) is 0 Å². The highest BCUT2D eigenvalue weighted by Crippen LogP contribution is 2.27. The van der Waals surface area contributed by atoms with Gasteiger partial charge in [-0.25, -0.2) is 0 Å². The molecule has 3 nitrogen and oxygen atoms in total. The molecule has 0 fully saturated rings. The molecule has 1 aromatic carbocycles. The van der Waals surface area contributed by atoms with Gasteiger partial charge >= 0.3 is 0 Å². The first-order valence-electron chi connectivity index (χ1n) is 5.82. The molecule has 0 aliphatic rings. The summed E-state index contributed by atoms with van der Waals surface area (Å²) >= 11 is 12.1. The van der Waals surface area contributed by atoms with Gasteiger partial charge < -0.3 is 5.73 Å². The number of aromatic nitrogens is 2. The minimum absolute atomic E-state index is 0.175. The summed E-state index contributed by atoms with van der Waals surface area (Å²) in [6.45, 7) is 2.90. The Labute approximate surface area is 117 Å². The molecule has 2 N–H and O–H groups in total. The van der Waals surface area contributed by atoms with Crippen molar-refractivity contribution in [2.24, 2.45) is 5.73 Å². The van der Waals surface area contributed by atoms with Gasteiger partial charge in [-0.05, 0) is 42.7 Å². The average molecular weight is 284 g/mol. The van der Waals surface area contributed by atoms with Crippen LogP contribution in [0.25, 0.3) is 0 Å². The zero-order chi connectivity index (χ0) is 13.1. The number of hydrogen-bond donors (Lipinski definition) is 1. The first-order chi connectivity index (χ1) is 8.60. The van der Waals surface area contributed by atoms with Gasteiger partial charge in [0.2, 0.25) is 0 Å². The Kier molecular flexibility index (Phi) is 4.27. The fourth-order valence-electron chi connectivity index (χ4n) is 1.85. The molecule has 1 heterocycles. The van der Waals surface area contributed by atoms with Gasteiger partial charge in [-0.15, -0.1) is 0 Å². The van der Waals surface area contributed by atoms with Crippen molar-refractivity contribution in [1.29, 1.82) is 0 Å². The predicted octanol–water partition coefficient (Wildman–Crippen LogP) is 3.45. The maximum atomic E-state index is 6.17. The zero-order valence-corrected chi connectivity index (χ0v) is 11.6. The first-order valence-corrected chi connectivity index (χ1v) is 6.57. The molecular formula is C13H15Cl2N3. The van der Waals surface area contributed by atoms with Crippen molar-refractivity contribution in [3.8, 4) is 0 Å². The minimum Gasteiger partial charge on any atom is -0.324 e. The lowest BCUT2D eigenvalue weighted by molar-refractivity contribution is 0.657. The highest BCUT2D eigenvalue weighted by atomic mass is 35.5. The summed E-state index contributed by atoms with van der Waals surface area (Å²) in [5.41, 5.74) is 8.13. The Morgan fingerprint density at radius 2 is 2.17 bits per heavy atom. The quantitative estimate of drug-likeness (QED) is 0.934. The van der Waals surface area contributed by atoms with Crippen molar-refractivity contribution in [3.63, 3.8) is 0 Å². The van der Waals surface area contributed by atoms with Crippen molar-refractivity contribution in [2.75, 3.05) is 0 Å². The number of aryl methyl sites for hydroxylation is 1. The molecule has 0 saturated carbocycles. The van der Waals surface area contributed by atoms with Crippen molar-refractivity contribution >= 4 is 23.2 Å². The van der Waals surface area contributed by atoms with Gasteiger partial charge in [0, 0.05) is 28.8 Å². The standard InChI is InChI=1S/C13H15Cl2N3/c1-2-18-8-9(7-17-18)5-13(16)11-6-10(14)3-4-12(11)15/h3-4,6-8,13H,2,5,16H2,1H3. The second kappa shape index (κ2) is 5.74. The van der Waals surface area contributed by atoms with Crippen molar-refractivity contribution in [3.05, 3.63) is 51.8 Å². The molecule has 0 spiro atoms. The van der Waals surface area contributed by atoms with E-state index in [4.69, 9.17) is 28.9 Å². The van der Waals surface area contributed by atoms with E-state index in [9.17, 15) is 0 Å². The second-order valence-corrected chi connectivity index (χ2v) is 5.02. The van der Waals surface area contributed by atoms with Crippen LogP contribution in [-0.4, -0.2) is 9.78 Å². The maximum Gasteiger partial charge on any atom is 0.0522 e. The van der Waals surface area contributed by atoms with Crippen LogP contribution < -0.4 is 5.73 Å². The van der Waals surface area contributed by atoms with Crippen LogP contribution in [0.2, 0.25) is 10.0 Å². The van der Waals surface area contributed by atoms with Crippen LogP contribution in [0.3, 0.4) is 0 Å². The van der Waals surface area contributed by atoms with Gasteiger partial charge in [0.15, 0.2) is 0 Å². The molecule has 0 radical (unpaired) electrons. The summed E-state index contributed by atoms with van der Waals surface area (Å²) in [6.07, 6.45) is 4.53. The van der Waals surface area contributed by atoms with Crippen molar-refractivity contribution in [2.45, 2.75) is 25.9 Å². The second-order valence-electron chi connectivity index (χ2n) is 4.18. The summed E-state index contributed by atoms with van der Waals surface area (Å²) < 4.78 is 1.88. The number of nitrogens with zero attached hydrogens (tertiary/aromatic N) is 2. The van der Waals surface area contributed by atoms with Gasteiger partial charge in [0.1, 0.15) is 0 Å². The number of hydrogen-bond acceptors (Lipinski definition) is 2. The molecule has 2 aromatic rings. The largest absolute Gasteiger partial charge is 0.324 e. The van der Waals surface area contributed by atoms with Gasteiger partial charge in [0.25, 0.3) is 0 Å². The predicted molar refractivity (Wildman–Crippen MR) is 75.0 cm³/mol. The average Bonchev–Trinajstić information content (AvgIpc) is 2.80. The molecular weight excluding hydrogens is 269 g/mol. The SMILES string of the molecule is CCn1cc(CC(N)c2cc(Cl)ccc2Cl)cn1. The molecule has 0 aliphatic carbocycles. The van der Waals surface area contributed by atoms with Crippen LogP contribution in [0.4, 0.5) is 0 Å². The van der Waals surface area contributed by atoms with E-state index >= 15 is 0 Å². The monoisotopic (exact) mass is 283 g/mol. The molecule has 0 saturated heterocycles. The molecule has 1 aromatic heterocycles. The van der Waals surface area contributed by atoms with Crippen LogP contribution in [0.15, 0.2) is 30.6 Å². The Hall–Kier alpha value is -1.03. The highest BCUT2D eigenvalue weighted by Gasteiger charge is 2.12. The lowest BCUT2D eigenvalue weighted by Crippen LogP contribution is -2.13. The van der Waals surface area contributed by atoms with Crippen molar-refractivity contribution in [1.82, 2.24) is 9.78 Å². The van der Waals surface area contributed by atoms with Gasteiger partial charge in [-0.2, -0.15) is 5.10 Å². The molecule has 96 valence electrons. The van der Waals surface area contributed by atoms with Gasteiger partial charge in [-0.1, -0.05) is 23.2 Å². The van der Waals surface area contributed by atoms with Gasteiger partial charge in [-0.3, -0.25) is 4.68 Å². The summed E-state index contributed by atoms with van der Waals surface area (Å²) in [6, 6.07) is 5.17. The van der Waals surface area contributed by atoms with Crippen LogP contribution in [-0.2, 0) is 13.0 Å². The number of nitrogens with two attached hydrogens (primary N) is 1. The molecule has 5 heteroatoms. The van der Waals surface area contributed by atoms with Crippen LogP contribution in [0.1, 0.15) is 24.1 Å². The molecule has 18 heavy (non-hydrogen) atoms. The first kappa shape index (κ1) is 13.4.